The van der Waals surface area contributed by atoms with Crippen LogP contribution in [0.4, 0.5) is 4.79 Å². The zero-order valence-corrected chi connectivity index (χ0v) is 14.9. The van der Waals surface area contributed by atoms with Crippen LogP contribution >= 0.6 is 0 Å². The maximum atomic E-state index is 12.8. The predicted molar refractivity (Wildman–Crippen MR) is 91.2 cm³/mol. The van der Waals surface area contributed by atoms with Crippen molar-refractivity contribution in [2.45, 2.75) is 65.6 Å². The van der Waals surface area contributed by atoms with Gasteiger partial charge in [-0.3, -0.25) is 4.90 Å². The van der Waals surface area contributed by atoms with Crippen LogP contribution in [0, 0.1) is 17.8 Å². The minimum atomic E-state index is -0.130. The number of hydrogen-bond acceptors (Lipinski definition) is 2. The fourth-order valence-corrected chi connectivity index (χ4v) is 4.28. The van der Waals surface area contributed by atoms with Gasteiger partial charge in [-0.2, -0.15) is 0 Å². The van der Waals surface area contributed by atoms with Crippen molar-refractivity contribution in [1.82, 2.24) is 9.47 Å². The molecule has 0 N–H and O–H groups in total. The van der Waals surface area contributed by atoms with Gasteiger partial charge in [0.1, 0.15) is 6.10 Å². The number of carbonyl (C=O) groups is 1. The monoisotopic (exact) mass is 318 g/mol. The summed E-state index contributed by atoms with van der Waals surface area (Å²) >= 11 is 0. The van der Waals surface area contributed by atoms with Crippen molar-refractivity contribution in [3.05, 3.63) is 24.0 Å². The third-order valence-corrected chi connectivity index (χ3v) is 5.79. The highest BCUT2D eigenvalue weighted by Crippen LogP contribution is 2.36. The molecule has 1 aliphatic heterocycles. The first-order valence-electron chi connectivity index (χ1n) is 9.09. The van der Waals surface area contributed by atoms with Gasteiger partial charge >= 0.3 is 6.09 Å². The van der Waals surface area contributed by atoms with E-state index in [1.807, 2.05) is 4.90 Å². The average Bonchev–Trinajstić information content (AvgIpc) is 2.96. The van der Waals surface area contributed by atoms with Gasteiger partial charge < -0.3 is 9.30 Å². The Balaban J connectivity index is 1.68. The molecule has 3 rings (SSSR count). The standard InChI is InChI=1S/C19H30N2O2/c1-13(2)16-8-7-14(3)12-18(16)23-19(22)21-11-10-20-9-5-6-17(20)15(21)4/h5-6,9,13-16,18H,7-8,10-12H2,1-4H3/t14-,15?,16+,18-/m1/s1. The van der Waals surface area contributed by atoms with E-state index in [0.717, 1.165) is 19.5 Å². The fraction of sp³-hybridized carbons (Fsp3) is 0.737. The first-order chi connectivity index (χ1) is 11.0. The van der Waals surface area contributed by atoms with Crippen molar-refractivity contribution in [3.63, 3.8) is 0 Å². The number of rotatable bonds is 2. The zero-order valence-electron chi connectivity index (χ0n) is 14.9. The molecule has 0 bridgehead atoms. The highest BCUT2D eigenvalue weighted by molar-refractivity contribution is 5.68. The molecule has 23 heavy (non-hydrogen) atoms. The summed E-state index contributed by atoms with van der Waals surface area (Å²) < 4.78 is 8.25. The van der Waals surface area contributed by atoms with Crippen molar-refractivity contribution in [3.8, 4) is 0 Å². The number of carbonyl (C=O) groups excluding carboxylic acids is 1. The molecule has 2 aliphatic rings. The quantitative estimate of drug-likeness (QED) is 0.806. The molecule has 4 atom stereocenters. The Morgan fingerprint density at radius 3 is 2.78 bits per heavy atom. The summed E-state index contributed by atoms with van der Waals surface area (Å²) in [5.74, 6) is 1.72. The van der Waals surface area contributed by atoms with Crippen molar-refractivity contribution in [2.75, 3.05) is 6.54 Å². The molecular weight excluding hydrogens is 288 g/mol. The van der Waals surface area contributed by atoms with E-state index in [1.165, 1.54) is 18.5 Å². The summed E-state index contributed by atoms with van der Waals surface area (Å²) in [6, 6.07) is 4.24. The first kappa shape index (κ1) is 16.4. The van der Waals surface area contributed by atoms with E-state index in [0.29, 0.717) is 17.8 Å². The second-order valence-corrected chi connectivity index (χ2v) is 7.74. The Labute approximate surface area is 139 Å². The third kappa shape index (κ3) is 3.26. The van der Waals surface area contributed by atoms with Gasteiger partial charge in [0.15, 0.2) is 0 Å². The van der Waals surface area contributed by atoms with E-state index in [-0.39, 0.29) is 18.2 Å². The Kier molecular flexibility index (Phi) is 4.69. The lowest BCUT2D eigenvalue weighted by molar-refractivity contribution is -0.0175. The molecule has 1 fully saturated rings. The summed E-state index contributed by atoms with van der Waals surface area (Å²) in [4.78, 5) is 14.7. The van der Waals surface area contributed by atoms with Crippen LogP contribution in [0.25, 0.3) is 0 Å². The van der Waals surface area contributed by atoms with E-state index in [1.54, 1.807) is 0 Å². The summed E-state index contributed by atoms with van der Waals surface area (Å²) in [5.41, 5.74) is 1.20. The molecule has 4 heteroatoms. The molecule has 1 aromatic rings. The Bertz CT molecular complexity index is 551. The number of fused-ring (bicyclic) bond motifs is 1. The highest BCUT2D eigenvalue weighted by atomic mass is 16.6. The maximum absolute atomic E-state index is 12.8. The maximum Gasteiger partial charge on any atom is 0.410 e. The van der Waals surface area contributed by atoms with E-state index in [4.69, 9.17) is 4.74 Å². The summed E-state index contributed by atoms with van der Waals surface area (Å²) in [5, 5.41) is 0. The molecule has 1 amide bonds. The average molecular weight is 318 g/mol. The molecular formula is C19H30N2O2. The largest absolute Gasteiger partial charge is 0.446 e. The van der Waals surface area contributed by atoms with Crippen molar-refractivity contribution >= 4 is 6.09 Å². The van der Waals surface area contributed by atoms with Crippen LogP contribution < -0.4 is 0 Å². The minimum Gasteiger partial charge on any atom is -0.446 e. The number of amides is 1. The number of nitrogens with zero attached hydrogens (tertiary/aromatic N) is 2. The number of aromatic nitrogens is 1. The van der Waals surface area contributed by atoms with Gasteiger partial charge in [0.2, 0.25) is 0 Å². The topological polar surface area (TPSA) is 34.5 Å². The molecule has 0 spiro atoms. The summed E-state index contributed by atoms with van der Waals surface area (Å²) in [6.07, 6.45) is 5.47. The fourth-order valence-electron chi connectivity index (χ4n) is 4.28. The SMILES string of the molecule is CC(C)[C@@H]1CC[C@@H](C)C[C@H]1OC(=O)N1CCn2cccc2C1C. The van der Waals surface area contributed by atoms with Crippen molar-refractivity contribution in [1.29, 1.82) is 0 Å². The molecule has 1 unspecified atom stereocenters. The lowest BCUT2D eigenvalue weighted by Gasteiger charge is -2.40. The number of hydrogen-bond donors (Lipinski definition) is 0. The van der Waals surface area contributed by atoms with E-state index >= 15 is 0 Å². The molecule has 0 radical (unpaired) electrons. The highest BCUT2D eigenvalue weighted by Gasteiger charge is 2.36. The lowest BCUT2D eigenvalue weighted by atomic mass is 9.75. The molecule has 2 heterocycles. The smallest absolute Gasteiger partial charge is 0.410 e. The minimum absolute atomic E-state index is 0.0761. The van der Waals surface area contributed by atoms with Crippen LogP contribution in [-0.2, 0) is 11.3 Å². The van der Waals surface area contributed by atoms with E-state index in [9.17, 15) is 4.79 Å². The molecule has 4 nitrogen and oxygen atoms in total. The van der Waals surface area contributed by atoms with Gasteiger partial charge in [-0.05, 0) is 49.7 Å². The normalized spacial score (nSPS) is 31.1. The molecule has 0 saturated heterocycles. The lowest BCUT2D eigenvalue weighted by Crippen LogP contribution is -2.44. The number of ether oxygens (including phenoxy) is 1. The van der Waals surface area contributed by atoms with E-state index in [2.05, 4.69) is 50.6 Å². The van der Waals surface area contributed by atoms with Crippen molar-refractivity contribution < 1.29 is 9.53 Å². The zero-order chi connectivity index (χ0) is 16.6. The van der Waals surface area contributed by atoms with Gasteiger partial charge in [-0.25, -0.2) is 4.79 Å². The van der Waals surface area contributed by atoms with E-state index < -0.39 is 0 Å². The van der Waals surface area contributed by atoms with Crippen LogP contribution in [0.3, 0.4) is 0 Å². The van der Waals surface area contributed by atoms with Crippen LogP contribution in [0.1, 0.15) is 58.7 Å². The third-order valence-electron chi connectivity index (χ3n) is 5.79. The van der Waals surface area contributed by atoms with Gasteiger partial charge in [-0.15, -0.1) is 0 Å². The second-order valence-electron chi connectivity index (χ2n) is 7.74. The second kappa shape index (κ2) is 6.58. The van der Waals surface area contributed by atoms with Crippen molar-refractivity contribution in [2.24, 2.45) is 17.8 Å². The summed E-state index contributed by atoms with van der Waals surface area (Å²) in [6.45, 7) is 10.5. The molecule has 128 valence electrons. The van der Waals surface area contributed by atoms with Gasteiger partial charge in [0.25, 0.3) is 0 Å². The molecule has 0 aromatic carbocycles. The van der Waals surface area contributed by atoms with Gasteiger partial charge in [0.05, 0.1) is 6.04 Å². The van der Waals surface area contributed by atoms with Crippen LogP contribution in [0.15, 0.2) is 18.3 Å². The van der Waals surface area contributed by atoms with Crippen LogP contribution in [-0.4, -0.2) is 28.2 Å². The Hall–Kier alpha value is -1.45. The van der Waals surface area contributed by atoms with Crippen LogP contribution in [0.5, 0.6) is 0 Å². The molecule has 1 aromatic heterocycles. The van der Waals surface area contributed by atoms with Gasteiger partial charge in [0, 0.05) is 25.0 Å². The molecule has 1 aliphatic carbocycles. The van der Waals surface area contributed by atoms with Gasteiger partial charge in [-0.1, -0.05) is 27.2 Å². The Morgan fingerprint density at radius 1 is 1.26 bits per heavy atom. The first-order valence-corrected chi connectivity index (χ1v) is 9.09. The van der Waals surface area contributed by atoms with Crippen LogP contribution in [0.2, 0.25) is 0 Å². The summed E-state index contributed by atoms with van der Waals surface area (Å²) in [7, 11) is 0. The Morgan fingerprint density at radius 2 is 2.04 bits per heavy atom. The predicted octanol–water partition coefficient (Wildman–Crippen LogP) is 4.46. The molecule has 1 saturated carbocycles.